The van der Waals surface area contributed by atoms with Crippen LogP contribution in [0.25, 0.3) is 16.6 Å². The highest BCUT2D eigenvalue weighted by Gasteiger charge is 2.25. The van der Waals surface area contributed by atoms with E-state index in [0.29, 0.717) is 5.92 Å². The van der Waals surface area contributed by atoms with Crippen LogP contribution in [0.4, 0.5) is 5.82 Å². The van der Waals surface area contributed by atoms with E-state index in [1.807, 2.05) is 0 Å². The Balaban J connectivity index is 1.48. The molecule has 0 unspecified atom stereocenters. The molecule has 1 aliphatic carbocycles. The highest BCUT2D eigenvalue weighted by atomic mass is 16.5. The molecule has 3 aliphatic rings. The van der Waals surface area contributed by atoms with E-state index in [4.69, 9.17) is 15.5 Å². The van der Waals surface area contributed by atoms with Gasteiger partial charge in [0.05, 0.1) is 24.4 Å². The van der Waals surface area contributed by atoms with Crippen molar-refractivity contribution in [1.29, 1.82) is 0 Å². The van der Waals surface area contributed by atoms with Gasteiger partial charge in [-0.15, -0.1) is 0 Å². The van der Waals surface area contributed by atoms with Crippen LogP contribution in [0.2, 0.25) is 0 Å². The Morgan fingerprint density at radius 2 is 1.94 bits per heavy atom. The van der Waals surface area contributed by atoms with Gasteiger partial charge in [0, 0.05) is 44.3 Å². The van der Waals surface area contributed by atoms with Crippen LogP contribution < -0.4 is 10.6 Å². The topological polar surface area (TPSA) is 80.4 Å². The van der Waals surface area contributed by atoms with Crippen molar-refractivity contribution in [2.24, 2.45) is 11.7 Å². The molecule has 0 bridgehead atoms. The van der Waals surface area contributed by atoms with Gasteiger partial charge in [-0.1, -0.05) is 12.2 Å². The number of aromatic nitrogens is 3. The summed E-state index contributed by atoms with van der Waals surface area (Å²) in [6.07, 6.45) is 15.4. The third-order valence-corrected chi connectivity index (χ3v) is 6.39. The van der Waals surface area contributed by atoms with Crippen LogP contribution in [-0.2, 0) is 4.74 Å². The Morgan fingerprint density at radius 3 is 2.81 bits per heavy atom. The molecular weight excluding hydrogens is 388 g/mol. The van der Waals surface area contributed by atoms with Gasteiger partial charge in [0.25, 0.3) is 0 Å². The number of rotatable bonds is 5. The fourth-order valence-corrected chi connectivity index (χ4v) is 4.68. The van der Waals surface area contributed by atoms with Crippen LogP contribution in [0, 0.1) is 5.92 Å². The number of fused-ring (bicyclic) bond motifs is 1. The Labute approximate surface area is 183 Å². The van der Waals surface area contributed by atoms with Crippen LogP contribution in [0.3, 0.4) is 0 Å². The van der Waals surface area contributed by atoms with Crippen molar-refractivity contribution in [3.8, 4) is 0 Å². The highest BCUT2D eigenvalue weighted by Crippen LogP contribution is 2.32. The van der Waals surface area contributed by atoms with Crippen LogP contribution in [-0.4, -0.2) is 65.8 Å². The van der Waals surface area contributed by atoms with E-state index >= 15 is 0 Å². The van der Waals surface area contributed by atoms with E-state index in [9.17, 15) is 0 Å². The molecule has 4 heterocycles. The number of anilines is 1. The standard InChI is InChI=1S/C24H30N6O/c25-8-6-18-7-11-30(17-18)24-23-22(26-9-10-27-23)16-21(28-24)19-2-1-3-20(5-4-19)29-12-14-31-15-13-29/h1,3-5,9-10,16,18H,2,6-8,11-15,17,25H2/t18-/m1/s1. The lowest BCUT2D eigenvalue weighted by Crippen LogP contribution is -2.35. The smallest absolute Gasteiger partial charge is 0.157 e. The van der Waals surface area contributed by atoms with Crippen molar-refractivity contribution in [2.75, 3.05) is 50.8 Å². The van der Waals surface area contributed by atoms with Crippen LogP contribution >= 0.6 is 0 Å². The molecule has 2 aromatic rings. The van der Waals surface area contributed by atoms with Gasteiger partial charge in [0.2, 0.25) is 0 Å². The third-order valence-electron chi connectivity index (χ3n) is 6.39. The molecule has 0 aromatic carbocycles. The first kappa shape index (κ1) is 20.2. The summed E-state index contributed by atoms with van der Waals surface area (Å²) in [5.74, 6) is 1.58. The molecule has 0 saturated carbocycles. The summed E-state index contributed by atoms with van der Waals surface area (Å²) in [5.41, 5.74) is 11.0. The molecular formula is C24H30N6O. The summed E-state index contributed by atoms with van der Waals surface area (Å²) in [5, 5.41) is 0. The SMILES string of the molecule is NCC[C@@H]1CCN(c2nc(C3=CC=C(N4CCOCC4)C=CC3)cc3nccnc23)C1. The van der Waals surface area contributed by atoms with Crippen LogP contribution in [0.5, 0.6) is 0 Å². The first-order chi connectivity index (χ1) is 15.3. The fourth-order valence-electron chi connectivity index (χ4n) is 4.68. The number of allylic oxidation sites excluding steroid dienone is 5. The number of hydrogen-bond donors (Lipinski definition) is 1. The van der Waals surface area contributed by atoms with Gasteiger partial charge in [-0.2, -0.15) is 0 Å². The Hall–Kier alpha value is -2.77. The van der Waals surface area contributed by atoms with Gasteiger partial charge in [-0.3, -0.25) is 4.98 Å². The molecule has 2 aromatic heterocycles. The molecule has 1 atom stereocenters. The second-order valence-electron chi connectivity index (χ2n) is 8.42. The minimum absolute atomic E-state index is 0.626. The maximum absolute atomic E-state index is 5.80. The van der Waals surface area contributed by atoms with Gasteiger partial charge in [0.15, 0.2) is 5.82 Å². The molecule has 5 rings (SSSR count). The van der Waals surface area contributed by atoms with Gasteiger partial charge in [-0.05, 0) is 55.5 Å². The maximum Gasteiger partial charge on any atom is 0.157 e. The summed E-state index contributed by atoms with van der Waals surface area (Å²) < 4.78 is 5.49. The predicted octanol–water partition coefficient (Wildman–Crippen LogP) is 2.76. The lowest BCUT2D eigenvalue weighted by Gasteiger charge is -2.29. The van der Waals surface area contributed by atoms with Gasteiger partial charge < -0.3 is 20.3 Å². The first-order valence-electron chi connectivity index (χ1n) is 11.3. The van der Waals surface area contributed by atoms with E-state index in [1.165, 1.54) is 11.3 Å². The number of ether oxygens (including phenoxy) is 1. The quantitative estimate of drug-likeness (QED) is 0.800. The van der Waals surface area contributed by atoms with E-state index < -0.39 is 0 Å². The Kier molecular flexibility index (Phi) is 5.95. The van der Waals surface area contributed by atoms with E-state index in [2.05, 4.69) is 50.1 Å². The van der Waals surface area contributed by atoms with Crippen molar-refractivity contribution < 1.29 is 4.74 Å². The zero-order valence-electron chi connectivity index (χ0n) is 17.9. The summed E-state index contributed by atoms with van der Waals surface area (Å²) >= 11 is 0. The van der Waals surface area contributed by atoms with Gasteiger partial charge in [0.1, 0.15) is 5.52 Å². The molecule has 2 aliphatic heterocycles. The molecule has 0 radical (unpaired) electrons. The number of hydrogen-bond acceptors (Lipinski definition) is 7. The Bertz CT molecular complexity index is 1020. The van der Waals surface area contributed by atoms with Gasteiger partial charge in [-0.25, -0.2) is 9.97 Å². The summed E-state index contributed by atoms with van der Waals surface area (Å²) in [4.78, 5) is 19.1. The summed E-state index contributed by atoms with van der Waals surface area (Å²) in [6.45, 7) is 6.17. The summed E-state index contributed by atoms with van der Waals surface area (Å²) in [7, 11) is 0. The lowest BCUT2D eigenvalue weighted by atomic mass is 10.1. The largest absolute Gasteiger partial charge is 0.378 e. The molecule has 7 heteroatoms. The van der Waals surface area contributed by atoms with E-state index in [-0.39, 0.29) is 0 Å². The molecule has 31 heavy (non-hydrogen) atoms. The van der Waals surface area contributed by atoms with Crippen molar-refractivity contribution in [3.05, 3.63) is 54.2 Å². The van der Waals surface area contributed by atoms with Crippen molar-refractivity contribution in [1.82, 2.24) is 19.9 Å². The second kappa shape index (κ2) is 9.16. The highest BCUT2D eigenvalue weighted by molar-refractivity contribution is 5.88. The minimum atomic E-state index is 0.626. The van der Waals surface area contributed by atoms with Crippen LogP contribution in [0.1, 0.15) is 25.0 Å². The number of pyridine rings is 1. The minimum Gasteiger partial charge on any atom is -0.378 e. The zero-order valence-corrected chi connectivity index (χ0v) is 17.9. The molecule has 0 spiro atoms. The molecule has 2 N–H and O–H groups in total. The van der Waals surface area contributed by atoms with Gasteiger partial charge >= 0.3 is 0 Å². The third kappa shape index (κ3) is 4.34. The lowest BCUT2D eigenvalue weighted by molar-refractivity contribution is 0.0554. The average molecular weight is 419 g/mol. The van der Waals surface area contributed by atoms with Crippen LogP contribution in [0.15, 0.2) is 48.5 Å². The molecule has 2 saturated heterocycles. The number of morpholine rings is 1. The molecule has 2 fully saturated rings. The number of nitrogens with zero attached hydrogens (tertiary/aromatic N) is 5. The zero-order chi connectivity index (χ0) is 21.0. The van der Waals surface area contributed by atoms with Crippen molar-refractivity contribution >= 4 is 22.4 Å². The second-order valence-corrected chi connectivity index (χ2v) is 8.42. The van der Waals surface area contributed by atoms with E-state index in [0.717, 1.165) is 87.7 Å². The molecule has 162 valence electrons. The maximum atomic E-state index is 5.80. The normalized spacial score (nSPS) is 21.9. The summed E-state index contributed by atoms with van der Waals surface area (Å²) in [6, 6.07) is 2.08. The average Bonchev–Trinajstić information content (AvgIpc) is 3.14. The Morgan fingerprint density at radius 1 is 1.06 bits per heavy atom. The van der Waals surface area contributed by atoms with Crippen molar-refractivity contribution in [3.63, 3.8) is 0 Å². The first-order valence-corrected chi connectivity index (χ1v) is 11.3. The van der Waals surface area contributed by atoms with E-state index in [1.54, 1.807) is 12.4 Å². The van der Waals surface area contributed by atoms with Crippen molar-refractivity contribution in [2.45, 2.75) is 19.3 Å². The number of nitrogens with two attached hydrogens (primary N) is 1. The fraction of sp³-hybridized carbons (Fsp3) is 0.458. The predicted molar refractivity (Wildman–Crippen MR) is 124 cm³/mol. The molecule has 7 nitrogen and oxygen atoms in total. The molecule has 0 amide bonds. The monoisotopic (exact) mass is 418 g/mol.